The number of hydrogen-bond donors (Lipinski definition) is 1. The highest BCUT2D eigenvalue weighted by molar-refractivity contribution is 6.28. The van der Waals surface area contributed by atoms with E-state index in [9.17, 15) is 4.39 Å². The van der Waals surface area contributed by atoms with Crippen molar-refractivity contribution in [1.82, 2.24) is 15.0 Å². The lowest BCUT2D eigenvalue weighted by atomic mass is 10.2. The first-order valence-corrected chi connectivity index (χ1v) is 5.45. The van der Waals surface area contributed by atoms with Crippen LogP contribution in [0.4, 0.5) is 16.0 Å². The molecule has 94 valence electrons. The summed E-state index contributed by atoms with van der Waals surface area (Å²) < 4.78 is 17.8. The van der Waals surface area contributed by atoms with Crippen LogP contribution >= 0.6 is 11.6 Å². The summed E-state index contributed by atoms with van der Waals surface area (Å²) in [6.07, 6.45) is 0. The maximum atomic E-state index is 13.0. The van der Waals surface area contributed by atoms with Crippen LogP contribution < -0.4 is 10.1 Å². The summed E-state index contributed by atoms with van der Waals surface area (Å²) in [4.78, 5) is 11.6. The van der Waals surface area contributed by atoms with E-state index in [2.05, 4.69) is 20.3 Å². The second kappa shape index (κ2) is 5.14. The summed E-state index contributed by atoms with van der Waals surface area (Å²) in [6.45, 7) is 1.77. The SMILES string of the molecule is COc1nc(Cl)nc(Nc2ccc(F)cc2C)n1. The van der Waals surface area contributed by atoms with Gasteiger partial charge in [0, 0.05) is 5.69 Å². The number of nitrogens with zero attached hydrogens (tertiary/aromatic N) is 3. The summed E-state index contributed by atoms with van der Waals surface area (Å²) in [5.41, 5.74) is 1.41. The Labute approximate surface area is 108 Å². The van der Waals surface area contributed by atoms with E-state index in [4.69, 9.17) is 16.3 Å². The van der Waals surface area contributed by atoms with Gasteiger partial charge >= 0.3 is 6.01 Å². The third kappa shape index (κ3) is 2.84. The van der Waals surface area contributed by atoms with Crippen LogP contribution in [0, 0.1) is 12.7 Å². The lowest BCUT2D eigenvalue weighted by Crippen LogP contribution is -2.02. The minimum Gasteiger partial charge on any atom is -0.467 e. The zero-order valence-corrected chi connectivity index (χ0v) is 10.5. The summed E-state index contributed by atoms with van der Waals surface area (Å²) in [7, 11) is 1.43. The molecule has 2 rings (SSSR count). The Morgan fingerprint density at radius 2 is 2.06 bits per heavy atom. The fourth-order valence-electron chi connectivity index (χ4n) is 1.37. The number of aromatic nitrogens is 3. The van der Waals surface area contributed by atoms with E-state index in [0.29, 0.717) is 5.69 Å². The zero-order chi connectivity index (χ0) is 13.1. The second-order valence-electron chi connectivity index (χ2n) is 3.50. The Morgan fingerprint density at radius 1 is 1.28 bits per heavy atom. The minimum absolute atomic E-state index is 0.0177. The smallest absolute Gasteiger partial charge is 0.322 e. The Kier molecular flexibility index (Phi) is 3.57. The number of hydrogen-bond acceptors (Lipinski definition) is 5. The number of nitrogens with one attached hydrogen (secondary N) is 1. The maximum absolute atomic E-state index is 13.0. The quantitative estimate of drug-likeness (QED) is 0.927. The molecule has 0 saturated carbocycles. The summed E-state index contributed by atoms with van der Waals surface area (Å²) in [5.74, 6) is -0.0640. The molecule has 1 heterocycles. The number of methoxy groups -OCH3 is 1. The van der Waals surface area contributed by atoms with Gasteiger partial charge in [0.25, 0.3) is 0 Å². The van der Waals surface area contributed by atoms with Crippen LogP contribution in [0.25, 0.3) is 0 Å². The Balaban J connectivity index is 2.30. The molecule has 0 aliphatic heterocycles. The highest BCUT2D eigenvalue weighted by Crippen LogP contribution is 2.20. The first-order chi connectivity index (χ1) is 8.58. The molecule has 0 radical (unpaired) electrons. The van der Waals surface area contributed by atoms with Crippen molar-refractivity contribution >= 4 is 23.2 Å². The third-order valence-electron chi connectivity index (χ3n) is 2.21. The first-order valence-electron chi connectivity index (χ1n) is 5.07. The number of benzene rings is 1. The van der Waals surface area contributed by atoms with Gasteiger partial charge in [-0.25, -0.2) is 4.39 Å². The summed E-state index contributed by atoms with van der Waals surface area (Å²) in [5, 5.41) is 2.94. The lowest BCUT2D eigenvalue weighted by molar-refractivity contribution is 0.379. The van der Waals surface area contributed by atoms with E-state index in [-0.39, 0.29) is 23.1 Å². The normalized spacial score (nSPS) is 10.2. The molecule has 0 saturated heterocycles. The molecule has 1 aromatic heterocycles. The van der Waals surface area contributed by atoms with E-state index in [1.807, 2.05) is 0 Å². The lowest BCUT2D eigenvalue weighted by Gasteiger charge is -2.08. The molecule has 1 N–H and O–H groups in total. The molecule has 0 bridgehead atoms. The van der Waals surface area contributed by atoms with Gasteiger partial charge in [-0.3, -0.25) is 0 Å². The number of rotatable bonds is 3. The van der Waals surface area contributed by atoms with Crippen molar-refractivity contribution in [3.63, 3.8) is 0 Å². The minimum atomic E-state index is -0.302. The van der Waals surface area contributed by atoms with Gasteiger partial charge in [-0.05, 0) is 42.3 Å². The van der Waals surface area contributed by atoms with Gasteiger partial charge in [0.15, 0.2) is 0 Å². The largest absolute Gasteiger partial charge is 0.467 e. The average molecular weight is 269 g/mol. The molecule has 18 heavy (non-hydrogen) atoms. The molecule has 0 fully saturated rings. The number of ether oxygens (including phenoxy) is 1. The maximum Gasteiger partial charge on any atom is 0.322 e. The van der Waals surface area contributed by atoms with Crippen molar-refractivity contribution in [3.05, 3.63) is 34.9 Å². The summed E-state index contributed by atoms with van der Waals surface area (Å²) >= 11 is 5.72. The van der Waals surface area contributed by atoms with Crippen LogP contribution in [-0.2, 0) is 0 Å². The van der Waals surface area contributed by atoms with Gasteiger partial charge in [-0.1, -0.05) is 0 Å². The van der Waals surface area contributed by atoms with Crippen molar-refractivity contribution in [2.24, 2.45) is 0 Å². The molecular formula is C11H10ClFN4O. The van der Waals surface area contributed by atoms with Gasteiger partial charge in [-0.2, -0.15) is 15.0 Å². The van der Waals surface area contributed by atoms with Crippen molar-refractivity contribution in [1.29, 1.82) is 0 Å². The highest BCUT2D eigenvalue weighted by atomic mass is 35.5. The van der Waals surface area contributed by atoms with Crippen molar-refractivity contribution in [3.8, 4) is 6.01 Å². The number of aryl methyl sites for hydroxylation is 1. The molecule has 0 spiro atoms. The van der Waals surface area contributed by atoms with E-state index < -0.39 is 0 Å². The molecule has 5 nitrogen and oxygen atoms in total. The predicted octanol–water partition coefficient (Wildman–Crippen LogP) is 2.72. The Bertz CT molecular complexity index is 579. The van der Waals surface area contributed by atoms with Gasteiger partial charge in [-0.15, -0.1) is 0 Å². The monoisotopic (exact) mass is 268 g/mol. The molecule has 2 aromatic rings. The predicted molar refractivity (Wildman–Crippen MR) is 65.8 cm³/mol. The van der Waals surface area contributed by atoms with Crippen LogP contribution in [0.15, 0.2) is 18.2 Å². The van der Waals surface area contributed by atoms with Crippen LogP contribution in [0.5, 0.6) is 6.01 Å². The molecule has 0 aliphatic carbocycles. The molecule has 0 aliphatic rings. The first kappa shape index (κ1) is 12.5. The molecular weight excluding hydrogens is 259 g/mol. The van der Waals surface area contributed by atoms with Crippen LogP contribution in [0.3, 0.4) is 0 Å². The average Bonchev–Trinajstić information content (AvgIpc) is 2.32. The Hall–Kier alpha value is -1.95. The fraction of sp³-hybridized carbons (Fsp3) is 0.182. The van der Waals surface area contributed by atoms with Crippen molar-refractivity contribution < 1.29 is 9.13 Å². The molecule has 0 unspecified atom stereocenters. The van der Waals surface area contributed by atoms with Gasteiger partial charge in [0.05, 0.1) is 7.11 Å². The van der Waals surface area contributed by atoms with Crippen molar-refractivity contribution in [2.75, 3.05) is 12.4 Å². The number of anilines is 2. The third-order valence-corrected chi connectivity index (χ3v) is 2.37. The standard InChI is InChI=1S/C11H10ClFN4O/c1-6-5-7(13)3-4-8(6)14-10-15-9(12)16-11(17-10)18-2/h3-5H,1-2H3,(H,14,15,16,17). The van der Waals surface area contributed by atoms with E-state index in [0.717, 1.165) is 5.56 Å². The summed E-state index contributed by atoms with van der Waals surface area (Å²) in [6, 6.07) is 4.45. The fourth-order valence-corrected chi connectivity index (χ4v) is 1.52. The second-order valence-corrected chi connectivity index (χ2v) is 3.84. The van der Waals surface area contributed by atoms with E-state index in [1.165, 1.54) is 19.2 Å². The highest BCUT2D eigenvalue weighted by Gasteiger charge is 2.07. The Morgan fingerprint density at radius 3 is 2.72 bits per heavy atom. The van der Waals surface area contributed by atoms with Crippen LogP contribution in [0.1, 0.15) is 5.56 Å². The van der Waals surface area contributed by atoms with Crippen molar-refractivity contribution in [2.45, 2.75) is 6.92 Å². The molecule has 1 aromatic carbocycles. The van der Waals surface area contributed by atoms with Crippen LogP contribution in [0.2, 0.25) is 5.28 Å². The van der Waals surface area contributed by atoms with Crippen LogP contribution in [-0.4, -0.2) is 22.1 Å². The molecule has 0 atom stereocenters. The number of halogens is 2. The molecule has 7 heteroatoms. The van der Waals surface area contributed by atoms with Gasteiger partial charge in [0.1, 0.15) is 5.82 Å². The topological polar surface area (TPSA) is 59.9 Å². The van der Waals surface area contributed by atoms with E-state index >= 15 is 0 Å². The zero-order valence-electron chi connectivity index (χ0n) is 9.74. The van der Waals surface area contributed by atoms with Gasteiger partial charge in [0.2, 0.25) is 11.2 Å². The molecule has 0 amide bonds. The van der Waals surface area contributed by atoms with E-state index in [1.54, 1.807) is 13.0 Å². The van der Waals surface area contributed by atoms with Gasteiger partial charge < -0.3 is 10.1 Å².